The van der Waals surface area contributed by atoms with Crippen LogP contribution in [-0.4, -0.2) is 22.5 Å². The van der Waals surface area contributed by atoms with Gasteiger partial charge in [-0.3, -0.25) is 4.79 Å². The number of nitrogen functional groups attached to an aromatic ring is 1. The van der Waals surface area contributed by atoms with Crippen molar-refractivity contribution in [3.8, 4) is 5.88 Å². The largest absolute Gasteiger partial charge is 0.478 e. The van der Waals surface area contributed by atoms with Gasteiger partial charge in [-0.25, -0.2) is 9.97 Å². The second-order valence-electron chi connectivity index (χ2n) is 3.86. The number of nitrogens with two attached hydrogens (primary N) is 1. The lowest BCUT2D eigenvalue weighted by molar-refractivity contribution is 0.102. The van der Waals surface area contributed by atoms with Crippen LogP contribution in [0, 0.1) is 0 Å². The van der Waals surface area contributed by atoms with Gasteiger partial charge in [0.1, 0.15) is 5.82 Å². The number of rotatable bonds is 4. The Morgan fingerprint density at radius 2 is 2.25 bits per heavy atom. The minimum atomic E-state index is -0.343. The van der Waals surface area contributed by atoms with Gasteiger partial charge in [-0.15, -0.1) is 0 Å². The summed E-state index contributed by atoms with van der Waals surface area (Å²) in [6.07, 6.45) is 3.09. The van der Waals surface area contributed by atoms with Crippen LogP contribution >= 0.6 is 15.9 Å². The number of hydrogen-bond acceptors (Lipinski definition) is 5. The molecule has 0 saturated heterocycles. The summed E-state index contributed by atoms with van der Waals surface area (Å²) in [4.78, 5) is 20.1. The molecule has 2 aromatic heterocycles. The van der Waals surface area contributed by atoms with Gasteiger partial charge in [0.15, 0.2) is 0 Å². The Hall–Kier alpha value is -2.15. The molecule has 0 bridgehead atoms. The van der Waals surface area contributed by atoms with E-state index in [0.29, 0.717) is 28.2 Å². The molecule has 0 saturated carbocycles. The quantitative estimate of drug-likeness (QED) is 0.894. The topological polar surface area (TPSA) is 90.1 Å². The maximum Gasteiger partial charge on any atom is 0.259 e. The number of amides is 1. The summed E-state index contributed by atoms with van der Waals surface area (Å²) in [5.74, 6) is 0.278. The van der Waals surface area contributed by atoms with E-state index in [1.807, 2.05) is 6.92 Å². The Morgan fingerprint density at radius 3 is 3.00 bits per heavy atom. The number of nitrogens with one attached hydrogen (secondary N) is 1. The molecule has 2 heterocycles. The molecule has 0 radical (unpaired) electrons. The van der Waals surface area contributed by atoms with Crippen molar-refractivity contribution in [1.29, 1.82) is 0 Å². The fraction of sp³-hybridized carbons (Fsp3) is 0.154. The van der Waals surface area contributed by atoms with Crippen LogP contribution in [0.5, 0.6) is 5.88 Å². The molecule has 2 aromatic rings. The molecule has 0 aliphatic heterocycles. The lowest BCUT2D eigenvalue weighted by atomic mass is 10.2. The van der Waals surface area contributed by atoms with Crippen molar-refractivity contribution in [3.63, 3.8) is 0 Å². The van der Waals surface area contributed by atoms with Crippen LogP contribution in [0.2, 0.25) is 0 Å². The van der Waals surface area contributed by atoms with Crippen molar-refractivity contribution in [2.45, 2.75) is 6.92 Å². The van der Waals surface area contributed by atoms with E-state index in [-0.39, 0.29) is 11.7 Å². The molecule has 0 unspecified atom stereocenters. The zero-order valence-corrected chi connectivity index (χ0v) is 12.3. The van der Waals surface area contributed by atoms with E-state index >= 15 is 0 Å². The predicted molar refractivity (Wildman–Crippen MR) is 79.7 cm³/mol. The molecule has 0 spiro atoms. The first-order valence-electron chi connectivity index (χ1n) is 5.91. The number of pyridine rings is 2. The molecule has 104 valence electrons. The van der Waals surface area contributed by atoms with Crippen LogP contribution in [-0.2, 0) is 0 Å². The SMILES string of the molecule is CCOc1cc(NC(=O)c2cc(Br)cnc2N)ccn1. The molecule has 1 amide bonds. The zero-order valence-electron chi connectivity index (χ0n) is 10.8. The third-order valence-corrected chi connectivity index (χ3v) is 2.85. The highest BCUT2D eigenvalue weighted by Crippen LogP contribution is 2.19. The van der Waals surface area contributed by atoms with Crippen molar-refractivity contribution in [1.82, 2.24) is 9.97 Å². The first-order valence-corrected chi connectivity index (χ1v) is 6.70. The fourth-order valence-electron chi connectivity index (χ4n) is 1.54. The maximum atomic E-state index is 12.1. The van der Waals surface area contributed by atoms with Gasteiger partial charge in [0.05, 0.1) is 12.2 Å². The highest BCUT2D eigenvalue weighted by molar-refractivity contribution is 9.10. The van der Waals surface area contributed by atoms with E-state index in [2.05, 4.69) is 31.2 Å². The Bertz CT molecular complexity index is 634. The summed E-state index contributed by atoms with van der Waals surface area (Å²) in [6.45, 7) is 2.37. The normalized spacial score (nSPS) is 10.1. The summed E-state index contributed by atoms with van der Waals surface area (Å²) in [7, 11) is 0. The van der Waals surface area contributed by atoms with Gasteiger partial charge in [0, 0.05) is 28.6 Å². The van der Waals surface area contributed by atoms with E-state index in [0.717, 1.165) is 0 Å². The predicted octanol–water partition coefficient (Wildman–Crippen LogP) is 2.47. The van der Waals surface area contributed by atoms with Crippen LogP contribution in [0.1, 0.15) is 17.3 Å². The standard InChI is InChI=1S/C13H13BrN4O2/c1-2-20-11-6-9(3-4-16-11)18-13(19)10-5-8(14)7-17-12(10)15/h3-7H,2H2,1H3,(H2,15,17)(H,16,18,19). The molecule has 0 fully saturated rings. The van der Waals surface area contributed by atoms with Crippen molar-refractivity contribution in [2.75, 3.05) is 17.7 Å². The molecule has 3 N–H and O–H groups in total. The minimum absolute atomic E-state index is 0.171. The van der Waals surface area contributed by atoms with Gasteiger partial charge < -0.3 is 15.8 Å². The molecule has 2 rings (SSSR count). The smallest absolute Gasteiger partial charge is 0.259 e. The van der Waals surface area contributed by atoms with Gasteiger partial charge in [-0.1, -0.05) is 0 Å². The number of ether oxygens (including phenoxy) is 1. The third kappa shape index (κ3) is 3.45. The van der Waals surface area contributed by atoms with Crippen LogP contribution in [0.15, 0.2) is 35.1 Å². The minimum Gasteiger partial charge on any atom is -0.478 e. The second-order valence-corrected chi connectivity index (χ2v) is 4.77. The zero-order chi connectivity index (χ0) is 14.5. The fourth-order valence-corrected chi connectivity index (χ4v) is 1.88. The summed E-state index contributed by atoms with van der Waals surface area (Å²) < 4.78 is 5.95. The number of carbonyl (C=O) groups is 1. The van der Waals surface area contributed by atoms with E-state index in [1.54, 1.807) is 24.4 Å². The maximum absolute atomic E-state index is 12.1. The number of carbonyl (C=O) groups excluding carboxylic acids is 1. The summed E-state index contributed by atoms with van der Waals surface area (Å²) in [6, 6.07) is 4.92. The molecule has 0 aliphatic carbocycles. The van der Waals surface area contributed by atoms with Gasteiger partial charge in [0.2, 0.25) is 5.88 Å². The molecule has 6 nitrogen and oxygen atoms in total. The lowest BCUT2D eigenvalue weighted by Gasteiger charge is -2.08. The summed E-state index contributed by atoms with van der Waals surface area (Å²) in [5.41, 5.74) is 6.57. The van der Waals surface area contributed by atoms with E-state index in [1.165, 1.54) is 6.20 Å². The van der Waals surface area contributed by atoms with E-state index in [9.17, 15) is 4.79 Å². The van der Waals surface area contributed by atoms with Gasteiger partial charge >= 0.3 is 0 Å². The van der Waals surface area contributed by atoms with Crippen molar-refractivity contribution < 1.29 is 9.53 Å². The monoisotopic (exact) mass is 336 g/mol. The van der Waals surface area contributed by atoms with Crippen LogP contribution in [0.4, 0.5) is 11.5 Å². The first kappa shape index (κ1) is 14.3. The number of nitrogens with zero attached hydrogens (tertiary/aromatic N) is 2. The van der Waals surface area contributed by atoms with Crippen LogP contribution in [0.3, 0.4) is 0 Å². The van der Waals surface area contributed by atoms with E-state index in [4.69, 9.17) is 10.5 Å². The third-order valence-electron chi connectivity index (χ3n) is 2.41. The van der Waals surface area contributed by atoms with Crippen molar-refractivity contribution in [3.05, 3.63) is 40.6 Å². The number of anilines is 2. The first-order chi connectivity index (χ1) is 9.60. The number of halogens is 1. The highest BCUT2D eigenvalue weighted by atomic mass is 79.9. The molecule has 20 heavy (non-hydrogen) atoms. The summed E-state index contributed by atoms with van der Waals surface area (Å²) in [5, 5.41) is 2.73. The van der Waals surface area contributed by atoms with Gasteiger partial charge in [-0.05, 0) is 35.0 Å². The average molecular weight is 337 g/mol. The van der Waals surface area contributed by atoms with Crippen molar-refractivity contribution >= 4 is 33.3 Å². The van der Waals surface area contributed by atoms with Gasteiger partial charge in [0.25, 0.3) is 5.91 Å². The number of hydrogen-bond donors (Lipinski definition) is 2. The molecular formula is C13H13BrN4O2. The van der Waals surface area contributed by atoms with Crippen LogP contribution < -0.4 is 15.8 Å². The van der Waals surface area contributed by atoms with Gasteiger partial charge in [-0.2, -0.15) is 0 Å². The molecule has 0 aliphatic rings. The molecular weight excluding hydrogens is 324 g/mol. The Labute approximate surface area is 124 Å². The second kappa shape index (κ2) is 6.33. The average Bonchev–Trinajstić information content (AvgIpc) is 2.42. The Kier molecular flexibility index (Phi) is 4.52. The Morgan fingerprint density at radius 1 is 1.45 bits per heavy atom. The molecule has 0 atom stereocenters. The molecule has 0 aromatic carbocycles. The van der Waals surface area contributed by atoms with Crippen molar-refractivity contribution in [2.24, 2.45) is 0 Å². The highest BCUT2D eigenvalue weighted by Gasteiger charge is 2.12. The molecule has 7 heteroatoms. The summed E-state index contributed by atoms with van der Waals surface area (Å²) >= 11 is 3.25. The number of aromatic nitrogens is 2. The lowest BCUT2D eigenvalue weighted by Crippen LogP contribution is -2.15. The Balaban J connectivity index is 2.19. The van der Waals surface area contributed by atoms with Crippen LogP contribution in [0.25, 0.3) is 0 Å². The van der Waals surface area contributed by atoms with E-state index < -0.39 is 0 Å².